The van der Waals surface area contributed by atoms with Crippen molar-refractivity contribution in [3.05, 3.63) is 52.2 Å². The maximum absolute atomic E-state index is 13.4. The number of carboxylic acid groups (broad SMARTS) is 1. The van der Waals surface area contributed by atoms with E-state index in [0.717, 1.165) is 31.5 Å². The van der Waals surface area contributed by atoms with Crippen LogP contribution in [0, 0.1) is 5.92 Å². The minimum atomic E-state index is -0.932. The molecular formula is C26H31ClN6O5. The van der Waals surface area contributed by atoms with Gasteiger partial charge in [0, 0.05) is 67.4 Å². The monoisotopic (exact) mass is 542 g/mol. The van der Waals surface area contributed by atoms with Gasteiger partial charge in [-0.3, -0.25) is 19.1 Å². The molecule has 2 N–H and O–H groups in total. The quantitative estimate of drug-likeness (QED) is 0.520. The zero-order chi connectivity index (χ0) is 27.0. The molecule has 0 radical (unpaired) electrons. The smallest absolute Gasteiger partial charge is 0.310 e. The third kappa shape index (κ3) is 5.53. The van der Waals surface area contributed by atoms with Crippen molar-refractivity contribution in [2.24, 2.45) is 5.92 Å². The lowest BCUT2D eigenvalue weighted by Gasteiger charge is -2.36. The third-order valence-electron chi connectivity index (χ3n) is 7.36. The minimum Gasteiger partial charge on any atom is -0.481 e. The van der Waals surface area contributed by atoms with Crippen LogP contribution in [0.2, 0.25) is 0 Å². The molecule has 1 aliphatic carbocycles. The second kappa shape index (κ2) is 10.7. The number of likely N-dealkylation sites (tertiary alicyclic amines) is 2. The number of carbonyl (C=O) groups is 3. The number of hydrogen-bond acceptors (Lipinski definition) is 7. The number of aromatic nitrogens is 3. The number of carboxylic acids is 1. The van der Waals surface area contributed by atoms with Gasteiger partial charge in [0.15, 0.2) is 11.5 Å². The number of piperidine rings is 1. The molecule has 4 heterocycles. The van der Waals surface area contributed by atoms with Crippen LogP contribution in [0.5, 0.6) is 0 Å². The van der Waals surface area contributed by atoms with Crippen LogP contribution < -0.4 is 5.32 Å². The van der Waals surface area contributed by atoms with Gasteiger partial charge in [0.25, 0.3) is 11.8 Å². The molecule has 2 aliphatic heterocycles. The first-order valence-corrected chi connectivity index (χ1v) is 13.2. The summed E-state index contributed by atoms with van der Waals surface area (Å²) in [5.74, 6) is -1.65. The zero-order valence-electron chi connectivity index (χ0n) is 21.4. The summed E-state index contributed by atoms with van der Waals surface area (Å²) in [4.78, 5) is 41.3. The van der Waals surface area contributed by atoms with Crippen molar-refractivity contribution in [3.8, 4) is 0 Å². The van der Waals surface area contributed by atoms with E-state index in [-0.39, 0.29) is 43.0 Å². The van der Waals surface area contributed by atoms with Gasteiger partial charge >= 0.3 is 5.97 Å². The van der Waals surface area contributed by atoms with Crippen LogP contribution in [0.3, 0.4) is 0 Å². The standard InChI is InChI=1S/C26H31ClN6O5/c1-15(2)31-7-5-19(6-8-31)28-24(34)22-11-21(25(35)32-12-17(13-32)26(36)37)29-33(22)14-20-10-23(38-30-20)16-3-4-18(27)9-16/h3-4,10-11,15,17,19H,5-9,12-14H2,1-2H3,(H,28,34)(H,36,37). The molecule has 5 rings (SSSR count). The predicted molar refractivity (Wildman–Crippen MR) is 139 cm³/mol. The average molecular weight is 543 g/mol. The molecule has 38 heavy (non-hydrogen) atoms. The predicted octanol–water partition coefficient (Wildman–Crippen LogP) is 2.59. The van der Waals surface area contributed by atoms with Gasteiger partial charge in [-0.05, 0) is 32.8 Å². The summed E-state index contributed by atoms with van der Waals surface area (Å²) in [6.07, 6.45) is 5.92. The number of aliphatic carboxylic acids is 1. The first kappa shape index (κ1) is 26.2. The van der Waals surface area contributed by atoms with Crippen LogP contribution in [0.4, 0.5) is 0 Å². The molecular weight excluding hydrogens is 512 g/mol. The van der Waals surface area contributed by atoms with Gasteiger partial charge in [-0.2, -0.15) is 5.10 Å². The second-order valence-corrected chi connectivity index (χ2v) is 10.8. The molecule has 2 aromatic heterocycles. The Kier molecular flexibility index (Phi) is 7.40. The lowest BCUT2D eigenvalue weighted by molar-refractivity contribution is -0.146. The maximum atomic E-state index is 13.4. The highest BCUT2D eigenvalue weighted by molar-refractivity contribution is 6.30. The highest BCUT2D eigenvalue weighted by Crippen LogP contribution is 2.30. The number of nitrogens with zero attached hydrogens (tertiary/aromatic N) is 5. The van der Waals surface area contributed by atoms with Crippen LogP contribution in [-0.4, -0.2) is 85.9 Å². The topological polar surface area (TPSA) is 134 Å². The molecule has 2 saturated heterocycles. The molecule has 11 nitrogen and oxygen atoms in total. The minimum absolute atomic E-state index is 0.0249. The lowest BCUT2D eigenvalue weighted by atomic mass is 10.00. The van der Waals surface area contributed by atoms with Gasteiger partial charge in [0.05, 0.1) is 12.5 Å². The third-order valence-corrected chi connectivity index (χ3v) is 7.62. The number of allylic oxidation sites excluding steroid dienone is 4. The van der Waals surface area contributed by atoms with Crippen LogP contribution in [0.25, 0.3) is 5.57 Å². The lowest BCUT2D eigenvalue weighted by Crippen LogP contribution is -2.53. The molecule has 202 valence electrons. The molecule has 2 aromatic rings. The highest BCUT2D eigenvalue weighted by Gasteiger charge is 2.37. The van der Waals surface area contributed by atoms with Gasteiger partial charge in [-0.1, -0.05) is 22.8 Å². The normalized spacial score (nSPS) is 18.9. The molecule has 2 amide bonds. The summed E-state index contributed by atoms with van der Waals surface area (Å²) < 4.78 is 6.94. The SMILES string of the molecule is CC(C)N1CCC(NC(=O)c2cc(C(=O)N3CC(C(=O)O)C3)nn2Cc2cc(C3=CC=C(Cl)C3)on2)CC1. The van der Waals surface area contributed by atoms with E-state index in [1.165, 1.54) is 15.6 Å². The molecule has 0 bridgehead atoms. The van der Waals surface area contributed by atoms with E-state index in [9.17, 15) is 14.4 Å². The molecule has 12 heteroatoms. The Morgan fingerprint density at radius 2 is 1.92 bits per heavy atom. The van der Waals surface area contributed by atoms with Gasteiger partial charge < -0.3 is 24.7 Å². The van der Waals surface area contributed by atoms with Crippen LogP contribution in [-0.2, 0) is 11.3 Å². The largest absolute Gasteiger partial charge is 0.481 e. The second-order valence-electron chi connectivity index (χ2n) is 10.4. The number of hydrogen-bond donors (Lipinski definition) is 2. The van der Waals surface area contributed by atoms with Gasteiger partial charge in [0.1, 0.15) is 11.4 Å². The number of amides is 2. The fourth-order valence-electron chi connectivity index (χ4n) is 4.96. The summed E-state index contributed by atoms with van der Waals surface area (Å²) in [5.41, 5.74) is 1.78. The molecule has 0 spiro atoms. The van der Waals surface area contributed by atoms with Crippen molar-refractivity contribution >= 4 is 35.0 Å². The van der Waals surface area contributed by atoms with Gasteiger partial charge in [-0.15, -0.1) is 0 Å². The van der Waals surface area contributed by atoms with Crippen molar-refractivity contribution in [3.63, 3.8) is 0 Å². The molecule has 0 saturated carbocycles. The van der Waals surface area contributed by atoms with Crippen molar-refractivity contribution in [1.82, 2.24) is 30.1 Å². The Morgan fingerprint density at radius 3 is 2.55 bits per heavy atom. The summed E-state index contributed by atoms with van der Waals surface area (Å²) in [6.45, 7) is 6.50. The molecule has 0 atom stereocenters. The fraction of sp³-hybridized carbons (Fsp3) is 0.500. The summed E-state index contributed by atoms with van der Waals surface area (Å²) in [7, 11) is 0. The van der Waals surface area contributed by atoms with E-state index in [2.05, 4.69) is 34.3 Å². The molecule has 0 unspecified atom stereocenters. The van der Waals surface area contributed by atoms with Gasteiger partial charge in [0.2, 0.25) is 0 Å². The summed E-state index contributed by atoms with van der Waals surface area (Å²) in [5, 5.41) is 21.5. The molecule has 2 fully saturated rings. The highest BCUT2D eigenvalue weighted by atomic mass is 35.5. The maximum Gasteiger partial charge on any atom is 0.310 e. The Bertz CT molecular complexity index is 1300. The van der Waals surface area contributed by atoms with Gasteiger partial charge in [-0.25, -0.2) is 0 Å². The number of nitrogens with one attached hydrogen (secondary N) is 1. The Morgan fingerprint density at radius 1 is 1.18 bits per heavy atom. The fourth-order valence-corrected chi connectivity index (χ4v) is 5.16. The van der Waals surface area contributed by atoms with E-state index in [4.69, 9.17) is 21.2 Å². The van der Waals surface area contributed by atoms with E-state index < -0.39 is 17.8 Å². The van der Waals surface area contributed by atoms with Crippen molar-refractivity contribution in [2.45, 2.75) is 51.7 Å². The van der Waals surface area contributed by atoms with Crippen LogP contribution in [0.1, 0.15) is 65.5 Å². The number of halogens is 1. The summed E-state index contributed by atoms with van der Waals surface area (Å²) >= 11 is 6.07. The first-order chi connectivity index (χ1) is 18.2. The Hall–Kier alpha value is -3.44. The first-order valence-electron chi connectivity index (χ1n) is 12.8. The number of rotatable bonds is 8. The molecule has 0 aromatic carbocycles. The van der Waals surface area contributed by atoms with E-state index >= 15 is 0 Å². The van der Waals surface area contributed by atoms with E-state index in [1.54, 1.807) is 6.07 Å². The van der Waals surface area contributed by atoms with E-state index in [0.29, 0.717) is 28.9 Å². The van der Waals surface area contributed by atoms with Crippen molar-refractivity contribution < 1.29 is 24.0 Å². The van der Waals surface area contributed by atoms with Crippen molar-refractivity contribution in [1.29, 1.82) is 0 Å². The van der Waals surface area contributed by atoms with E-state index in [1.807, 2.05) is 12.2 Å². The number of carbonyl (C=O) groups excluding carboxylic acids is 2. The Labute approximate surface area is 225 Å². The van der Waals surface area contributed by atoms with Crippen LogP contribution in [0.15, 0.2) is 33.8 Å². The molecule has 3 aliphatic rings. The average Bonchev–Trinajstić information content (AvgIpc) is 3.58. The Balaban J connectivity index is 1.33. The van der Waals surface area contributed by atoms with Crippen LogP contribution >= 0.6 is 11.6 Å². The zero-order valence-corrected chi connectivity index (χ0v) is 22.1. The summed E-state index contributed by atoms with van der Waals surface area (Å²) in [6, 6.07) is 3.73. The van der Waals surface area contributed by atoms with Crippen molar-refractivity contribution in [2.75, 3.05) is 26.2 Å².